The van der Waals surface area contributed by atoms with Crippen molar-refractivity contribution in [3.63, 3.8) is 0 Å². The summed E-state index contributed by atoms with van der Waals surface area (Å²) in [6, 6.07) is 17.2. The van der Waals surface area contributed by atoms with Gasteiger partial charge in [-0.1, -0.05) is 36.4 Å². The van der Waals surface area contributed by atoms with Gasteiger partial charge in [-0.15, -0.1) is 0 Å². The van der Waals surface area contributed by atoms with Crippen LogP contribution in [-0.2, 0) is 34.3 Å². The van der Waals surface area contributed by atoms with Crippen LogP contribution < -0.4 is 5.32 Å². The number of nitrogens with one attached hydrogen (secondary N) is 1. The number of amides is 1. The molecule has 3 aromatic rings. The molecule has 1 amide bonds. The van der Waals surface area contributed by atoms with Crippen molar-refractivity contribution in [3.8, 4) is 0 Å². The van der Waals surface area contributed by atoms with E-state index in [2.05, 4.69) is 5.32 Å². The lowest BCUT2D eigenvalue weighted by Crippen LogP contribution is -2.52. The molecule has 0 fully saturated rings. The maximum atomic E-state index is 13.5. The van der Waals surface area contributed by atoms with Crippen LogP contribution in [0.25, 0.3) is 0 Å². The molecule has 0 bridgehead atoms. The third-order valence-corrected chi connectivity index (χ3v) is 7.19. The summed E-state index contributed by atoms with van der Waals surface area (Å²) in [5, 5.41) is 2.84. The number of benzene rings is 2. The van der Waals surface area contributed by atoms with Crippen molar-refractivity contribution in [2.45, 2.75) is 44.3 Å². The van der Waals surface area contributed by atoms with Gasteiger partial charge in [-0.2, -0.15) is 4.31 Å². The molecule has 1 aliphatic heterocycles. The molecule has 1 aromatic heterocycles. The van der Waals surface area contributed by atoms with Crippen LogP contribution in [0, 0.1) is 13.8 Å². The maximum Gasteiger partial charge on any atom is 0.244 e. The molecule has 30 heavy (non-hydrogen) atoms. The largest absolute Gasteiger partial charge is 0.465 e. The van der Waals surface area contributed by atoms with Gasteiger partial charge in [0.05, 0.1) is 11.4 Å². The number of sulfonamides is 1. The number of fused-ring (bicyclic) bond motifs is 1. The Bertz CT molecular complexity index is 1180. The molecule has 2 heterocycles. The van der Waals surface area contributed by atoms with Crippen molar-refractivity contribution >= 4 is 15.9 Å². The van der Waals surface area contributed by atoms with Crippen molar-refractivity contribution in [3.05, 3.63) is 88.9 Å². The number of furan rings is 1. The van der Waals surface area contributed by atoms with Crippen LogP contribution in [-0.4, -0.2) is 24.7 Å². The first-order valence-electron chi connectivity index (χ1n) is 9.83. The fourth-order valence-electron chi connectivity index (χ4n) is 3.76. The molecule has 0 saturated heterocycles. The van der Waals surface area contributed by atoms with Gasteiger partial charge in [-0.25, -0.2) is 8.42 Å². The Labute approximate surface area is 176 Å². The lowest BCUT2D eigenvalue weighted by atomic mass is 9.95. The van der Waals surface area contributed by atoms with E-state index in [-0.39, 0.29) is 23.9 Å². The first kappa shape index (κ1) is 20.4. The number of carbonyl (C=O) groups is 1. The predicted molar refractivity (Wildman–Crippen MR) is 113 cm³/mol. The standard InChI is InChI=1S/C23H24N2O4S/c1-16-6-5-9-21(12-16)30(27,28)25-15-19-8-4-3-7-18(19)13-22(25)23(26)24-14-20-11-10-17(2)29-20/h3-12,22H,13-15H2,1-2H3,(H,24,26)/t22-/m0/s1. The highest BCUT2D eigenvalue weighted by molar-refractivity contribution is 7.89. The Morgan fingerprint density at radius 2 is 1.83 bits per heavy atom. The van der Waals surface area contributed by atoms with Crippen LogP contribution in [0.5, 0.6) is 0 Å². The smallest absolute Gasteiger partial charge is 0.244 e. The minimum absolute atomic E-state index is 0.157. The monoisotopic (exact) mass is 424 g/mol. The first-order chi connectivity index (χ1) is 14.3. The van der Waals surface area contributed by atoms with E-state index in [0.717, 1.165) is 22.5 Å². The summed E-state index contributed by atoms with van der Waals surface area (Å²) in [6.07, 6.45) is 0.324. The molecule has 0 spiro atoms. The Morgan fingerprint density at radius 3 is 2.53 bits per heavy atom. The molecule has 0 radical (unpaired) electrons. The topological polar surface area (TPSA) is 79.6 Å². The second kappa shape index (κ2) is 8.08. The molecule has 1 atom stereocenters. The van der Waals surface area contributed by atoms with Gasteiger partial charge in [0.2, 0.25) is 15.9 Å². The zero-order valence-electron chi connectivity index (χ0n) is 17.0. The molecule has 7 heteroatoms. The van der Waals surface area contributed by atoms with Gasteiger partial charge < -0.3 is 9.73 Å². The maximum absolute atomic E-state index is 13.5. The Morgan fingerprint density at radius 1 is 1.07 bits per heavy atom. The SMILES string of the molecule is Cc1cccc(S(=O)(=O)N2Cc3ccccc3C[C@H]2C(=O)NCc2ccc(C)o2)c1. The normalized spacial score (nSPS) is 16.8. The van der Waals surface area contributed by atoms with Gasteiger partial charge >= 0.3 is 0 Å². The number of hydrogen-bond donors (Lipinski definition) is 1. The second-order valence-corrected chi connectivity index (χ2v) is 9.48. The van der Waals surface area contributed by atoms with Crippen LogP contribution in [0.3, 0.4) is 0 Å². The minimum atomic E-state index is -3.85. The lowest BCUT2D eigenvalue weighted by Gasteiger charge is -2.35. The Hall–Kier alpha value is -2.90. The van der Waals surface area contributed by atoms with Gasteiger partial charge in [0.15, 0.2) is 0 Å². The van der Waals surface area contributed by atoms with Gasteiger partial charge in [-0.05, 0) is 61.2 Å². The molecule has 2 aromatic carbocycles. The van der Waals surface area contributed by atoms with E-state index in [4.69, 9.17) is 4.42 Å². The predicted octanol–water partition coefficient (Wildman–Crippen LogP) is 3.33. The third kappa shape index (κ3) is 4.04. The quantitative estimate of drug-likeness (QED) is 0.681. The van der Waals surface area contributed by atoms with E-state index in [1.165, 1.54) is 4.31 Å². The van der Waals surface area contributed by atoms with Gasteiger partial charge in [0, 0.05) is 6.54 Å². The van der Waals surface area contributed by atoms with Gasteiger partial charge in [0.25, 0.3) is 0 Å². The van der Waals surface area contributed by atoms with Crippen LogP contribution in [0.2, 0.25) is 0 Å². The summed E-state index contributed by atoms with van der Waals surface area (Å²) in [5.74, 6) is 1.05. The second-order valence-electron chi connectivity index (χ2n) is 7.59. The first-order valence-corrected chi connectivity index (χ1v) is 11.3. The van der Waals surface area contributed by atoms with Crippen LogP contribution in [0.1, 0.15) is 28.2 Å². The third-order valence-electron chi connectivity index (χ3n) is 5.34. The highest BCUT2D eigenvalue weighted by Gasteiger charge is 2.39. The summed E-state index contributed by atoms with van der Waals surface area (Å²) in [6.45, 7) is 4.05. The molecular weight excluding hydrogens is 400 g/mol. The van der Waals surface area contributed by atoms with E-state index < -0.39 is 16.1 Å². The highest BCUT2D eigenvalue weighted by Crippen LogP contribution is 2.29. The average Bonchev–Trinajstić information content (AvgIpc) is 3.16. The molecule has 1 aliphatic rings. The zero-order valence-corrected chi connectivity index (χ0v) is 17.8. The van der Waals surface area contributed by atoms with E-state index in [1.54, 1.807) is 24.3 Å². The molecule has 0 aliphatic carbocycles. The molecule has 6 nitrogen and oxygen atoms in total. The van der Waals surface area contributed by atoms with Crippen molar-refractivity contribution in [1.29, 1.82) is 0 Å². The summed E-state index contributed by atoms with van der Waals surface area (Å²) in [7, 11) is -3.85. The Kier molecular flexibility index (Phi) is 5.49. The van der Waals surface area contributed by atoms with Crippen LogP contribution in [0.4, 0.5) is 0 Å². The fourth-order valence-corrected chi connectivity index (χ4v) is 5.43. The van der Waals surface area contributed by atoms with Crippen molar-refractivity contribution in [2.24, 2.45) is 0 Å². The fraction of sp³-hybridized carbons (Fsp3) is 0.261. The number of rotatable bonds is 5. The molecule has 1 N–H and O–H groups in total. The number of hydrogen-bond acceptors (Lipinski definition) is 4. The molecular formula is C23H24N2O4S. The van der Waals surface area contributed by atoms with Crippen molar-refractivity contribution in [2.75, 3.05) is 0 Å². The van der Waals surface area contributed by atoms with E-state index in [1.807, 2.05) is 50.2 Å². The molecule has 156 valence electrons. The Balaban J connectivity index is 1.65. The number of aryl methyl sites for hydroxylation is 2. The molecule has 0 unspecified atom stereocenters. The summed E-state index contributed by atoms with van der Waals surface area (Å²) < 4.78 is 33.8. The minimum Gasteiger partial charge on any atom is -0.465 e. The van der Waals surface area contributed by atoms with E-state index in [0.29, 0.717) is 12.2 Å². The lowest BCUT2D eigenvalue weighted by molar-refractivity contribution is -0.125. The summed E-state index contributed by atoms with van der Waals surface area (Å²) >= 11 is 0. The zero-order chi connectivity index (χ0) is 21.3. The van der Waals surface area contributed by atoms with Gasteiger partial charge in [-0.3, -0.25) is 4.79 Å². The van der Waals surface area contributed by atoms with E-state index >= 15 is 0 Å². The van der Waals surface area contributed by atoms with Crippen LogP contribution >= 0.6 is 0 Å². The van der Waals surface area contributed by atoms with Crippen LogP contribution in [0.15, 0.2) is 70.0 Å². The van der Waals surface area contributed by atoms with Crippen molar-refractivity contribution < 1.29 is 17.6 Å². The van der Waals surface area contributed by atoms with Crippen molar-refractivity contribution in [1.82, 2.24) is 9.62 Å². The van der Waals surface area contributed by atoms with Gasteiger partial charge in [0.1, 0.15) is 17.6 Å². The highest BCUT2D eigenvalue weighted by atomic mass is 32.2. The average molecular weight is 425 g/mol. The summed E-state index contributed by atoms with van der Waals surface area (Å²) in [4.78, 5) is 13.3. The summed E-state index contributed by atoms with van der Waals surface area (Å²) in [5.41, 5.74) is 2.75. The molecule has 4 rings (SSSR count). The number of nitrogens with zero attached hydrogens (tertiary/aromatic N) is 1. The van der Waals surface area contributed by atoms with E-state index in [9.17, 15) is 13.2 Å². The molecule has 0 saturated carbocycles. The number of carbonyl (C=O) groups excluding carboxylic acids is 1.